The zero-order valence-electron chi connectivity index (χ0n) is 14.8. The van der Waals surface area contributed by atoms with Gasteiger partial charge in [0.1, 0.15) is 0 Å². The van der Waals surface area contributed by atoms with Gasteiger partial charge < -0.3 is 15.3 Å². The lowest BCUT2D eigenvalue weighted by Crippen LogP contribution is -2.56. The van der Waals surface area contributed by atoms with Crippen LogP contribution in [0.25, 0.3) is 0 Å². The molecule has 3 heteroatoms. The van der Waals surface area contributed by atoms with E-state index in [1.165, 1.54) is 0 Å². The SMILES string of the molecule is C[C@]12CC[C@H](O)C=C1[C@H](O)C[C@H]1[C@H]2CC[C@@]2(C)[C@@H]1CC[C@]2(C)O. The normalized spacial score (nSPS) is 58.9. The molecule has 0 heterocycles. The van der Waals surface area contributed by atoms with Crippen LogP contribution in [0.4, 0.5) is 0 Å². The minimum Gasteiger partial charge on any atom is -0.390 e. The third-order valence-corrected chi connectivity index (χ3v) is 8.66. The van der Waals surface area contributed by atoms with Crippen molar-refractivity contribution >= 4 is 0 Å². The highest BCUT2D eigenvalue weighted by Crippen LogP contribution is 2.67. The molecular weight excluding hydrogens is 288 g/mol. The van der Waals surface area contributed by atoms with Crippen LogP contribution in [0, 0.1) is 28.6 Å². The summed E-state index contributed by atoms with van der Waals surface area (Å²) in [6.07, 6.45) is 7.99. The maximum absolute atomic E-state index is 10.9. The zero-order chi connectivity index (χ0) is 16.6. The molecule has 0 amide bonds. The second-order valence-corrected chi connectivity index (χ2v) is 9.54. The van der Waals surface area contributed by atoms with Crippen molar-refractivity contribution in [1.29, 1.82) is 0 Å². The fraction of sp³-hybridized carbons (Fsp3) is 0.900. The van der Waals surface area contributed by atoms with Crippen molar-refractivity contribution in [2.75, 3.05) is 0 Å². The molecule has 3 fully saturated rings. The van der Waals surface area contributed by atoms with Gasteiger partial charge in [-0.3, -0.25) is 0 Å². The molecule has 4 aliphatic carbocycles. The monoisotopic (exact) mass is 320 g/mol. The average molecular weight is 320 g/mol. The summed E-state index contributed by atoms with van der Waals surface area (Å²) < 4.78 is 0. The molecule has 3 nitrogen and oxygen atoms in total. The Balaban J connectivity index is 1.72. The third kappa shape index (κ3) is 1.99. The largest absolute Gasteiger partial charge is 0.390 e. The summed E-state index contributed by atoms with van der Waals surface area (Å²) in [5.41, 5.74) is 0.579. The molecule has 4 rings (SSSR count). The number of hydrogen-bond donors (Lipinski definition) is 3. The highest BCUT2D eigenvalue weighted by Gasteiger charge is 2.63. The van der Waals surface area contributed by atoms with Crippen molar-refractivity contribution in [3.05, 3.63) is 11.6 Å². The van der Waals surface area contributed by atoms with Crippen LogP contribution in [0.3, 0.4) is 0 Å². The Morgan fingerprint density at radius 2 is 1.65 bits per heavy atom. The third-order valence-electron chi connectivity index (χ3n) is 8.66. The first-order valence-electron chi connectivity index (χ1n) is 9.50. The van der Waals surface area contributed by atoms with Gasteiger partial charge in [0.2, 0.25) is 0 Å². The predicted octanol–water partition coefficient (Wildman–Crippen LogP) is 3.03. The van der Waals surface area contributed by atoms with E-state index in [9.17, 15) is 15.3 Å². The van der Waals surface area contributed by atoms with Crippen molar-refractivity contribution in [3.63, 3.8) is 0 Å². The molecule has 0 spiro atoms. The van der Waals surface area contributed by atoms with Crippen molar-refractivity contribution < 1.29 is 15.3 Å². The Morgan fingerprint density at radius 3 is 2.39 bits per heavy atom. The molecule has 0 bridgehead atoms. The average Bonchev–Trinajstić information content (AvgIpc) is 2.72. The summed E-state index contributed by atoms with van der Waals surface area (Å²) >= 11 is 0. The molecule has 0 aromatic rings. The highest BCUT2D eigenvalue weighted by atomic mass is 16.3. The lowest BCUT2D eigenvalue weighted by Gasteiger charge is -2.60. The lowest BCUT2D eigenvalue weighted by molar-refractivity contribution is -0.130. The molecular formula is C20H32O3. The Kier molecular flexibility index (Phi) is 3.38. The summed E-state index contributed by atoms with van der Waals surface area (Å²) in [5.74, 6) is 1.63. The van der Waals surface area contributed by atoms with E-state index >= 15 is 0 Å². The fourth-order valence-electron chi connectivity index (χ4n) is 7.00. The van der Waals surface area contributed by atoms with Gasteiger partial charge in [0, 0.05) is 0 Å². The Morgan fingerprint density at radius 1 is 0.957 bits per heavy atom. The van der Waals surface area contributed by atoms with Crippen LogP contribution in [0.15, 0.2) is 11.6 Å². The Hall–Kier alpha value is -0.380. The molecule has 3 N–H and O–H groups in total. The van der Waals surface area contributed by atoms with E-state index in [1.807, 2.05) is 13.0 Å². The van der Waals surface area contributed by atoms with Gasteiger partial charge in [-0.25, -0.2) is 0 Å². The Bertz CT molecular complexity index is 539. The van der Waals surface area contributed by atoms with Gasteiger partial charge in [-0.05, 0) is 86.0 Å². The van der Waals surface area contributed by atoms with Crippen molar-refractivity contribution in [1.82, 2.24) is 0 Å². The summed E-state index contributed by atoms with van der Waals surface area (Å²) in [7, 11) is 0. The summed E-state index contributed by atoms with van der Waals surface area (Å²) in [6.45, 7) is 6.63. The van der Waals surface area contributed by atoms with Crippen molar-refractivity contribution in [2.45, 2.75) is 83.5 Å². The van der Waals surface area contributed by atoms with Crippen LogP contribution in [0.1, 0.15) is 65.7 Å². The van der Waals surface area contributed by atoms with E-state index in [-0.39, 0.29) is 16.9 Å². The van der Waals surface area contributed by atoms with Crippen LogP contribution in [-0.2, 0) is 0 Å². The smallest absolute Gasteiger partial charge is 0.0759 e. The van der Waals surface area contributed by atoms with Crippen LogP contribution in [-0.4, -0.2) is 33.1 Å². The molecule has 4 aliphatic rings. The molecule has 130 valence electrons. The maximum atomic E-state index is 10.9. The molecule has 3 saturated carbocycles. The second-order valence-electron chi connectivity index (χ2n) is 9.54. The fourth-order valence-corrected chi connectivity index (χ4v) is 7.00. The van der Waals surface area contributed by atoms with E-state index in [1.54, 1.807) is 0 Å². The lowest BCUT2D eigenvalue weighted by atomic mass is 9.46. The summed E-state index contributed by atoms with van der Waals surface area (Å²) in [4.78, 5) is 0. The van der Waals surface area contributed by atoms with E-state index in [0.717, 1.165) is 50.5 Å². The number of hydrogen-bond acceptors (Lipinski definition) is 3. The van der Waals surface area contributed by atoms with Crippen LogP contribution in [0.5, 0.6) is 0 Å². The molecule has 0 aliphatic heterocycles. The number of rotatable bonds is 0. The molecule has 0 radical (unpaired) electrons. The van der Waals surface area contributed by atoms with E-state index in [2.05, 4.69) is 13.8 Å². The van der Waals surface area contributed by atoms with Crippen molar-refractivity contribution in [2.24, 2.45) is 28.6 Å². The van der Waals surface area contributed by atoms with Gasteiger partial charge in [0.25, 0.3) is 0 Å². The standard InChI is InChI=1S/C20H32O3/c1-18-7-4-12(21)10-16(18)17(22)11-13-14(18)5-8-19(2)15(13)6-9-20(19,3)23/h10,12-15,17,21-23H,4-9,11H2,1-3H3/t12-,13-,14+,15+,17+,18+,19-,20-/m0/s1. The molecule has 0 unspecified atom stereocenters. The number of aliphatic hydroxyl groups is 3. The first-order valence-corrected chi connectivity index (χ1v) is 9.50. The highest BCUT2D eigenvalue weighted by molar-refractivity contribution is 5.29. The van der Waals surface area contributed by atoms with E-state index < -0.39 is 11.7 Å². The van der Waals surface area contributed by atoms with Crippen molar-refractivity contribution in [3.8, 4) is 0 Å². The topological polar surface area (TPSA) is 60.7 Å². The van der Waals surface area contributed by atoms with Gasteiger partial charge in [-0.15, -0.1) is 0 Å². The van der Waals surface area contributed by atoms with Crippen LogP contribution >= 0.6 is 0 Å². The van der Waals surface area contributed by atoms with Crippen LogP contribution < -0.4 is 0 Å². The van der Waals surface area contributed by atoms with Gasteiger partial charge in [-0.2, -0.15) is 0 Å². The quantitative estimate of drug-likeness (QED) is 0.601. The molecule has 0 aromatic carbocycles. The second kappa shape index (κ2) is 4.83. The zero-order valence-corrected chi connectivity index (χ0v) is 14.8. The molecule has 8 atom stereocenters. The minimum absolute atomic E-state index is 0.000352. The van der Waals surface area contributed by atoms with Gasteiger partial charge in [0.05, 0.1) is 17.8 Å². The minimum atomic E-state index is -0.562. The van der Waals surface area contributed by atoms with Gasteiger partial charge in [0.15, 0.2) is 0 Å². The molecule has 23 heavy (non-hydrogen) atoms. The van der Waals surface area contributed by atoms with E-state index in [0.29, 0.717) is 17.8 Å². The van der Waals surface area contributed by atoms with Crippen LogP contribution in [0.2, 0.25) is 0 Å². The summed E-state index contributed by atoms with van der Waals surface area (Å²) in [6, 6.07) is 0. The first kappa shape index (κ1) is 16.1. The predicted molar refractivity (Wildman–Crippen MR) is 89.7 cm³/mol. The maximum Gasteiger partial charge on any atom is 0.0759 e. The number of aliphatic hydroxyl groups excluding tert-OH is 2. The molecule has 0 aromatic heterocycles. The molecule has 0 saturated heterocycles. The number of fused-ring (bicyclic) bond motifs is 5. The van der Waals surface area contributed by atoms with Gasteiger partial charge in [-0.1, -0.05) is 19.9 Å². The van der Waals surface area contributed by atoms with E-state index in [4.69, 9.17) is 0 Å². The summed E-state index contributed by atoms with van der Waals surface area (Å²) in [5, 5.41) is 31.8. The van der Waals surface area contributed by atoms with Gasteiger partial charge >= 0.3 is 0 Å². The first-order chi connectivity index (χ1) is 10.7. The Labute approximate surface area is 139 Å².